The number of allylic oxidation sites excluding steroid dienone is 3. The van der Waals surface area contributed by atoms with Gasteiger partial charge in [-0.2, -0.15) is 0 Å². The molecule has 0 fully saturated rings. The number of rotatable bonds is 10. The SMILES string of the molecule is CN/C(=C\CCCNC(=O)C/C=C(/NC)C(C)=O)C(C)=O. The number of likely N-dealkylation sites (N-methyl/N-ethyl adjacent to an activating group) is 2. The third kappa shape index (κ3) is 8.62. The summed E-state index contributed by atoms with van der Waals surface area (Å²) in [6.07, 6.45) is 5.02. The van der Waals surface area contributed by atoms with Crippen molar-refractivity contribution in [2.45, 2.75) is 33.1 Å². The van der Waals surface area contributed by atoms with Crippen molar-refractivity contribution in [3.63, 3.8) is 0 Å². The fourth-order valence-electron chi connectivity index (χ4n) is 1.69. The molecule has 0 aromatic heterocycles. The van der Waals surface area contributed by atoms with Gasteiger partial charge in [0.25, 0.3) is 0 Å². The largest absolute Gasteiger partial charge is 0.386 e. The van der Waals surface area contributed by atoms with Crippen LogP contribution in [0.5, 0.6) is 0 Å². The van der Waals surface area contributed by atoms with Crippen molar-refractivity contribution in [3.8, 4) is 0 Å². The Morgan fingerprint density at radius 2 is 1.43 bits per heavy atom. The van der Waals surface area contributed by atoms with Gasteiger partial charge in [0.2, 0.25) is 5.91 Å². The standard InChI is InChI=1S/C15H25N3O3/c1-11(19)13(16-3)7-5-6-10-18-15(21)9-8-14(17-4)12(2)20/h7-8,16-17H,5-6,9-10H2,1-4H3,(H,18,21)/b13-7-,14-8+. The number of unbranched alkanes of at least 4 members (excludes halogenated alkanes) is 1. The Hall–Kier alpha value is -2.11. The molecular weight excluding hydrogens is 270 g/mol. The van der Waals surface area contributed by atoms with Crippen molar-refractivity contribution in [1.29, 1.82) is 0 Å². The van der Waals surface area contributed by atoms with Crippen LogP contribution in [0.15, 0.2) is 23.5 Å². The van der Waals surface area contributed by atoms with Gasteiger partial charge in [0.05, 0.1) is 11.4 Å². The second-order valence-electron chi connectivity index (χ2n) is 4.54. The molecule has 0 bridgehead atoms. The summed E-state index contributed by atoms with van der Waals surface area (Å²) in [5.74, 6) is -0.233. The topological polar surface area (TPSA) is 87.3 Å². The molecular formula is C15H25N3O3. The van der Waals surface area contributed by atoms with E-state index >= 15 is 0 Å². The molecule has 1 amide bonds. The van der Waals surface area contributed by atoms with Crippen LogP contribution in [0.25, 0.3) is 0 Å². The van der Waals surface area contributed by atoms with Gasteiger partial charge in [-0.05, 0) is 18.9 Å². The molecule has 0 aromatic rings. The lowest BCUT2D eigenvalue weighted by atomic mass is 10.2. The zero-order chi connectivity index (χ0) is 16.3. The van der Waals surface area contributed by atoms with Gasteiger partial charge in [-0.15, -0.1) is 0 Å². The molecule has 0 saturated carbocycles. The lowest BCUT2D eigenvalue weighted by Crippen LogP contribution is -2.24. The molecule has 0 rings (SSSR count). The maximum atomic E-state index is 11.6. The number of carbonyl (C=O) groups is 3. The number of nitrogens with one attached hydrogen (secondary N) is 3. The minimum atomic E-state index is -0.131. The van der Waals surface area contributed by atoms with Crippen LogP contribution in [0.1, 0.15) is 33.1 Å². The van der Waals surface area contributed by atoms with Crippen LogP contribution >= 0.6 is 0 Å². The van der Waals surface area contributed by atoms with Gasteiger partial charge in [-0.1, -0.05) is 6.08 Å². The number of carbonyl (C=O) groups excluding carboxylic acids is 3. The Morgan fingerprint density at radius 3 is 1.90 bits per heavy atom. The highest BCUT2D eigenvalue weighted by atomic mass is 16.1. The first-order valence-electron chi connectivity index (χ1n) is 6.96. The Kier molecular flexibility index (Phi) is 9.58. The van der Waals surface area contributed by atoms with Gasteiger partial charge in [-0.3, -0.25) is 14.4 Å². The molecule has 6 heteroatoms. The van der Waals surface area contributed by atoms with E-state index in [2.05, 4.69) is 16.0 Å². The third-order valence-electron chi connectivity index (χ3n) is 2.84. The number of amides is 1. The Labute approximate surface area is 126 Å². The van der Waals surface area contributed by atoms with Gasteiger partial charge in [0.15, 0.2) is 11.6 Å². The van der Waals surface area contributed by atoms with E-state index in [0.29, 0.717) is 24.4 Å². The summed E-state index contributed by atoms with van der Waals surface area (Å²) in [5, 5.41) is 8.34. The maximum Gasteiger partial charge on any atom is 0.223 e. The highest BCUT2D eigenvalue weighted by Gasteiger charge is 2.03. The summed E-state index contributed by atoms with van der Waals surface area (Å²) in [6.45, 7) is 3.48. The Bertz CT molecular complexity index is 439. The van der Waals surface area contributed by atoms with Crippen LogP contribution in [0, 0.1) is 0 Å². The Morgan fingerprint density at radius 1 is 0.905 bits per heavy atom. The molecule has 0 unspecified atom stereocenters. The highest BCUT2D eigenvalue weighted by molar-refractivity contribution is 5.93. The first kappa shape index (κ1) is 18.9. The molecule has 3 N–H and O–H groups in total. The van der Waals surface area contributed by atoms with Crippen molar-refractivity contribution in [2.75, 3.05) is 20.6 Å². The fourth-order valence-corrected chi connectivity index (χ4v) is 1.69. The molecule has 6 nitrogen and oxygen atoms in total. The van der Waals surface area contributed by atoms with Crippen molar-refractivity contribution in [1.82, 2.24) is 16.0 Å². The molecule has 0 atom stereocenters. The third-order valence-corrected chi connectivity index (χ3v) is 2.84. The van der Waals surface area contributed by atoms with Gasteiger partial charge in [0.1, 0.15) is 0 Å². The van der Waals surface area contributed by atoms with E-state index in [4.69, 9.17) is 0 Å². The fraction of sp³-hybridized carbons (Fsp3) is 0.533. The normalized spacial score (nSPS) is 11.8. The summed E-state index contributed by atoms with van der Waals surface area (Å²) < 4.78 is 0. The minimum absolute atomic E-state index is 0.00417. The van der Waals surface area contributed by atoms with Crippen molar-refractivity contribution in [3.05, 3.63) is 23.5 Å². The van der Waals surface area contributed by atoms with Gasteiger partial charge < -0.3 is 16.0 Å². The van der Waals surface area contributed by atoms with E-state index in [9.17, 15) is 14.4 Å². The van der Waals surface area contributed by atoms with Crippen LogP contribution in [-0.2, 0) is 14.4 Å². The van der Waals surface area contributed by atoms with Gasteiger partial charge >= 0.3 is 0 Å². The van der Waals surface area contributed by atoms with Crippen molar-refractivity contribution >= 4 is 17.5 Å². The quantitative estimate of drug-likeness (QED) is 0.407. The Balaban J connectivity index is 4.01. The summed E-state index contributed by atoms with van der Waals surface area (Å²) in [4.78, 5) is 33.8. The van der Waals surface area contributed by atoms with Gasteiger partial charge in [0, 0.05) is 40.9 Å². The van der Waals surface area contributed by atoms with E-state index in [1.165, 1.54) is 13.8 Å². The summed E-state index contributed by atoms with van der Waals surface area (Å²) in [6, 6.07) is 0. The molecule has 0 aliphatic carbocycles. The summed E-state index contributed by atoms with van der Waals surface area (Å²) >= 11 is 0. The van der Waals surface area contributed by atoms with Crippen molar-refractivity contribution < 1.29 is 14.4 Å². The summed E-state index contributed by atoms with van der Waals surface area (Å²) in [7, 11) is 3.35. The molecule has 0 saturated heterocycles. The molecule has 21 heavy (non-hydrogen) atoms. The zero-order valence-electron chi connectivity index (χ0n) is 13.2. The number of ketones is 2. The number of hydrogen-bond acceptors (Lipinski definition) is 5. The van der Waals surface area contributed by atoms with Crippen LogP contribution < -0.4 is 16.0 Å². The van der Waals surface area contributed by atoms with Crippen LogP contribution in [0.4, 0.5) is 0 Å². The van der Waals surface area contributed by atoms with Crippen LogP contribution in [0.2, 0.25) is 0 Å². The molecule has 0 spiro atoms. The molecule has 118 valence electrons. The molecule has 0 heterocycles. The van der Waals surface area contributed by atoms with E-state index in [0.717, 1.165) is 6.42 Å². The summed E-state index contributed by atoms with van der Waals surface area (Å²) in [5.41, 5.74) is 1.03. The number of hydrogen-bond donors (Lipinski definition) is 3. The van der Waals surface area contributed by atoms with E-state index in [1.54, 1.807) is 20.2 Å². The van der Waals surface area contributed by atoms with Crippen LogP contribution in [-0.4, -0.2) is 38.1 Å². The minimum Gasteiger partial charge on any atom is -0.386 e. The predicted octanol–water partition coefficient (Wildman–Crippen LogP) is 0.657. The molecule has 0 aliphatic heterocycles. The van der Waals surface area contributed by atoms with Crippen LogP contribution in [0.3, 0.4) is 0 Å². The molecule has 0 aromatic carbocycles. The molecule has 0 radical (unpaired) electrons. The lowest BCUT2D eigenvalue weighted by Gasteiger charge is -2.05. The monoisotopic (exact) mass is 295 g/mol. The average molecular weight is 295 g/mol. The smallest absolute Gasteiger partial charge is 0.223 e. The highest BCUT2D eigenvalue weighted by Crippen LogP contribution is 1.97. The average Bonchev–Trinajstić information content (AvgIpc) is 2.42. The first-order chi connectivity index (χ1) is 9.92. The van der Waals surface area contributed by atoms with E-state index < -0.39 is 0 Å². The second kappa shape index (κ2) is 10.7. The van der Waals surface area contributed by atoms with Crippen molar-refractivity contribution in [2.24, 2.45) is 0 Å². The maximum absolute atomic E-state index is 11.6. The number of Topliss-reactive ketones (excluding diaryl/α,β-unsaturated/α-hetero) is 2. The predicted molar refractivity (Wildman–Crippen MR) is 82.5 cm³/mol. The van der Waals surface area contributed by atoms with E-state index in [1.807, 2.05) is 6.08 Å². The van der Waals surface area contributed by atoms with Gasteiger partial charge in [-0.25, -0.2) is 0 Å². The van der Waals surface area contributed by atoms with E-state index in [-0.39, 0.29) is 23.9 Å². The lowest BCUT2D eigenvalue weighted by molar-refractivity contribution is -0.120. The zero-order valence-corrected chi connectivity index (χ0v) is 13.2. The first-order valence-corrected chi connectivity index (χ1v) is 6.96. The molecule has 0 aliphatic rings. The second-order valence-corrected chi connectivity index (χ2v) is 4.54.